The normalized spacial score (nSPS) is 17.4. The molecule has 10 rings (SSSR count). The van der Waals surface area contributed by atoms with E-state index in [2.05, 4.69) is 159 Å². The van der Waals surface area contributed by atoms with Gasteiger partial charge in [-0.15, -0.1) is 0 Å². The maximum atomic E-state index is 4.58. The third kappa shape index (κ3) is 5.33. The molecule has 0 spiro atoms. The lowest BCUT2D eigenvalue weighted by atomic mass is 9.72. The van der Waals surface area contributed by atoms with E-state index in [0.717, 1.165) is 45.9 Å². The molecule has 2 aliphatic rings. The van der Waals surface area contributed by atoms with Gasteiger partial charge in [0.05, 0.1) is 11.6 Å². The van der Waals surface area contributed by atoms with Gasteiger partial charge in [-0.2, -0.15) is 0 Å². The van der Waals surface area contributed by atoms with Gasteiger partial charge in [0, 0.05) is 69.1 Å². The van der Waals surface area contributed by atoms with Crippen LogP contribution in [0.5, 0.6) is 0 Å². The average molecular weight is 699 g/mol. The fraction of sp³-hybridized carbons (Fsp3) is 0.125. The summed E-state index contributed by atoms with van der Waals surface area (Å²) in [6, 6.07) is 39.2. The van der Waals surface area contributed by atoms with E-state index < -0.39 is 0 Å². The summed E-state index contributed by atoms with van der Waals surface area (Å²) in [5, 5.41) is 6.20. The van der Waals surface area contributed by atoms with Crippen molar-refractivity contribution in [2.45, 2.75) is 38.1 Å². The fourth-order valence-electron chi connectivity index (χ4n) is 8.58. The van der Waals surface area contributed by atoms with Gasteiger partial charge in [0.25, 0.3) is 0 Å². The Kier molecular flexibility index (Phi) is 7.76. The summed E-state index contributed by atoms with van der Waals surface area (Å²) < 4.78 is 2.60. The molecule has 3 atom stereocenters. The van der Waals surface area contributed by atoms with Gasteiger partial charge < -0.3 is 9.88 Å². The lowest BCUT2D eigenvalue weighted by Gasteiger charge is -2.33. The van der Waals surface area contributed by atoms with Crippen LogP contribution < -0.4 is 5.32 Å². The predicted molar refractivity (Wildman–Crippen MR) is 221 cm³/mol. The largest absolute Gasteiger partial charge is 0.355 e. The molecule has 3 aromatic heterocycles. The average Bonchev–Trinajstić information content (AvgIpc) is 3.57. The zero-order valence-corrected chi connectivity index (χ0v) is 30.2. The molecule has 0 radical (unpaired) electrons. The van der Waals surface area contributed by atoms with Crippen LogP contribution in [0.4, 0.5) is 11.4 Å². The Morgan fingerprint density at radius 1 is 0.593 bits per heavy atom. The molecule has 5 aromatic carbocycles. The topological polar surface area (TPSA) is 68.5 Å². The first-order valence-corrected chi connectivity index (χ1v) is 18.7. The molecule has 260 valence electrons. The highest BCUT2D eigenvalue weighted by atomic mass is 15.0. The van der Waals surface area contributed by atoms with Gasteiger partial charge in [-0.1, -0.05) is 86.7 Å². The van der Waals surface area contributed by atoms with Crippen LogP contribution in [0.15, 0.2) is 158 Å². The molecule has 2 aliphatic carbocycles. The van der Waals surface area contributed by atoms with E-state index in [1.807, 2.05) is 30.6 Å². The molecule has 6 nitrogen and oxygen atoms in total. The summed E-state index contributed by atoms with van der Waals surface area (Å²) in [5.74, 6) is 2.02. The van der Waals surface area contributed by atoms with Crippen LogP contribution in [0.3, 0.4) is 0 Å². The van der Waals surface area contributed by atoms with Crippen LogP contribution in [-0.4, -0.2) is 24.5 Å². The molecular formula is C48H38N6. The molecule has 0 amide bonds. The Balaban J connectivity index is 1.16. The second-order valence-electron chi connectivity index (χ2n) is 14.4. The smallest absolute Gasteiger partial charge is 0.159 e. The first-order chi connectivity index (χ1) is 26.6. The van der Waals surface area contributed by atoms with Gasteiger partial charge in [0.15, 0.2) is 11.6 Å². The zero-order chi connectivity index (χ0) is 36.2. The highest BCUT2D eigenvalue weighted by Gasteiger charge is 2.33. The highest BCUT2D eigenvalue weighted by Crippen LogP contribution is 2.52. The van der Waals surface area contributed by atoms with Crippen molar-refractivity contribution in [2.24, 2.45) is 0 Å². The standard InChI is InChI=1S/C48H38N6/c1-30-31(2)45-38(19-20-39-42-29-34(48-51-25-10-26-52-48)17-22-44(42)54(46(39)45)36-13-7-4-8-14-36)37-18-15-32(27-40(30)37)41-28-33(47-49-23-9-24-50-47)16-21-43(41)53-35-11-5-3-6-12-35/h3-13,15-31,36,53H,14H2,1-2H3. The summed E-state index contributed by atoms with van der Waals surface area (Å²) >= 11 is 0. The minimum atomic E-state index is 0.225. The molecule has 0 aliphatic heterocycles. The van der Waals surface area contributed by atoms with E-state index in [9.17, 15) is 0 Å². The number of para-hydroxylation sites is 1. The number of rotatable bonds is 6. The van der Waals surface area contributed by atoms with Crippen molar-refractivity contribution in [1.82, 2.24) is 24.5 Å². The number of nitrogens with zero attached hydrogens (tertiary/aromatic N) is 5. The SMILES string of the molecule is CC1c2cc(-c3cc(-c4ncccn4)ccc3Nc3ccccc3)ccc2-c2ccc3c4cc(-c5ncccn5)ccc4n(C4C=CC=CC4)c3c2C1C. The number of benzene rings is 5. The number of aromatic nitrogens is 5. The van der Waals surface area contributed by atoms with Crippen LogP contribution in [0, 0.1) is 0 Å². The number of allylic oxidation sites excluding steroid dienone is 4. The van der Waals surface area contributed by atoms with Crippen molar-refractivity contribution in [3.8, 4) is 45.0 Å². The Bertz CT molecular complexity index is 2750. The van der Waals surface area contributed by atoms with Gasteiger partial charge in [-0.25, -0.2) is 19.9 Å². The summed E-state index contributed by atoms with van der Waals surface area (Å²) in [4.78, 5) is 18.3. The van der Waals surface area contributed by atoms with E-state index >= 15 is 0 Å². The Morgan fingerprint density at radius 2 is 1.30 bits per heavy atom. The first-order valence-electron chi connectivity index (χ1n) is 18.7. The van der Waals surface area contributed by atoms with Gasteiger partial charge in [0.1, 0.15) is 0 Å². The van der Waals surface area contributed by atoms with E-state index in [0.29, 0.717) is 5.82 Å². The number of nitrogens with one attached hydrogen (secondary N) is 1. The Labute approximate surface area is 314 Å². The van der Waals surface area contributed by atoms with Crippen molar-refractivity contribution in [2.75, 3.05) is 5.32 Å². The summed E-state index contributed by atoms with van der Waals surface area (Å²) in [5.41, 5.74) is 14.4. The third-order valence-electron chi connectivity index (χ3n) is 11.4. The van der Waals surface area contributed by atoms with Crippen molar-refractivity contribution < 1.29 is 0 Å². The minimum absolute atomic E-state index is 0.225. The predicted octanol–water partition coefficient (Wildman–Crippen LogP) is 12.1. The zero-order valence-electron chi connectivity index (χ0n) is 30.2. The Morgan fingerprint density at radius 3 is 2.04 bits per heavy atom. The Hall–Kier alpha value is -6.66. The summed E-state index contributed by atoms with van der Waals surface area (Å²) in [7, 11) is 0. The summed E-state index contributed by atoms with van der Waals surface area (Å²) in [6.07, 6.45) is 17.2. The van der Waals surface area contributed by atoms with E-state index in [1.54, 1.807) is 12.4 Å². The number of fused-ring (bicyclic) bond motifs is 7. The van der Waals surface area contributed by atoms with Gasteiger partial charge >= 0.3 is 0 Å². The van der Waals surface area contributed by atoms with E-state index in [-0.39, 0.29) is 17.9 Å². The van der Waals surface area contributed by atoms with Crippen LogP contribution in [-0.2, 0) is 0 Å². The maximum absolute atomic E-state index is 4.58. The second-order valence-corrected chi connectivity index (χ2v) is 14.4. The molecule has 3 heterocycles. The molecule has 8 aromatic rings. The molecule has 54 heavy (non-hydrogen) atoms. The monoisotopic (exact) mass is 698 g/mol. The van der Waals surface area contributed by atoms with E-state index in [1.165, 1.54) is 44.1 Å². The van der Waals surface area contributed by atoms with E-state index in [4.69, 9.17) is 0 Å². The van der Waals surface area contributed by atoms with Crippen molar-refractivity contribution >= 4 is 33.2 Å². The van der Waals surface area contributed by atoms with Gasteiger partial charge in [-0.3, -0.25) is 0 Å². The van der Waals surface area contributed by atoms with Crippen molar-refractivity contribution in [3.63, 3.8) is 0 Å². The molecule has 0 saturated heterocycles. The maximum Gasteiger partial charge on any atom is 0.159 e. The second kappa shape index (κ2) is 13.1. The van der Waals surface area contributed by atoms with Crippen LogP contribution in [0.1, 0.15) is 49.3 Å². The van der Waals surface area contributed by atoms with Gasteiger partial charge in [0.2, 0.25) is 0 Å². The van der Waals surface area contributed by atoms with Crippen LogP contribution >= 0.6 is 0 Å². The van der Waals surface area contributed by atoms with Crippen LogP contribution in [0.2, 0.25) is 0 Å². The minimum Gasteiger partial charge on any atom is -0.355 e. The van der Waals surface area contributed by atoms with Crippen molar-refractivity contribution in [3.05, 3.63) is 169 Å². The lowest BCUT2D eigenvalue weighted by Crippen LogP contribution is -2.16. The third-order valence-corrected chi connectivity index (χ3v) is 11.4. The molecule has 0 saturated carbocycles. The molecule has 0 fully saturated rings. The number of hydrogen-bond acceptors (Lipinski definition) is 5. The van der Waals surface area contributed by atoms with Crippen molar-refractivity contribution in [1.29, 1.82) is 0 Å². The summed E-state index contributed by atoms with van der Waals surface area (Å²) in [6.45, 7) is 4.81. The van der Waals surface area contributed by atoms with Gasteiger partial charge in [-0.05, 0) is 107 Å². The molecule has 0 bridgehead atoms. The molecule has 1 N–H and O–H groups in total. The molecule has 6 heteroatoms. The highest BCUT2D eigenvalue weighted by molar-refractivity contribution is 6.12. The molecule has 3 unspecified atom stereocenters. The lowest BCUT2D eigenvalue weighted by molar-refractivity contribution is 0.606. The number of hydrogen-bond donors (Lipinski definition) is 1. The first kappa shape index (κ1) is 32.0. The fourth-order valence-corrected chi connectivity index (χ4v) is 8.58. The molecular weight excluding hydrogens is 661 g/mol. The quantitative estimate of drug-likeness (QED) is 0.187. The van der Waals surface area contributed by atoms with Crippen LogP contribution in [0.25, 0.3) is 66.8 Å². The number of anilines is 2.